The molecule has 0 bridgehead atoms. The first-order valence-corrected chi connectivity index (χ1v) is 7.33. The van der Waals surface area contributed by atoms with E-state index in [1.807, 2.05) is 0 Å². The summed E-state index contributed by atoms with van der Waals surface area (Å²) < 4.78 is 37.2. The molecule has 0 aromatic heterocycles. The third kappa shape index (κ3) is 3.92. The van der Waals surface area contributed by atoms with Crippen molar-refractivity contribution >= 4 is 21.4 Å². The third-order valence-corrected chi connectivity index (χ3v) is 4.32. The Morgan fingerprint density at radius 1 is 1.37 bits per heavy atom. The molecule has 0 saturated carbocycles. The van der Waals surface area contributed by atoms with E-state index in [2.05, 4.69) is 0 Å². The minimum Gasteiger partial charge on any atom is -0.399 e. The molecular formula is C12H17FN2O3S. The summed E-state index contributed by atoms with van der Waals surface area (Å²) >= 11 is 0. The normalized spacial score (nSPS) is 11.6. The summed E-state index contributed by atoms with van der Waals surface area (Å²) in [5.41, 5.74) is 5.40. The van der Waals surface area contributed by atoms with Crippen molar-refractivity contribution in [2.75, 3.05) is 18.5 Å². The molecule has 7 heteroatoms. The quantitative estimate of drug-likeness (QED) is 0.840. The highest BCUT2D eigenvalue weighted by atomic mass is 32.2. The maximum absolute atomic E-state index is 13.1. The van der Waals surface area contributed by atoms with Gasteiger partial charge in [-0.2, -0.15) is 0 Å². The molecule has 19 heavy (non-hydrogen) atoms. The van der Waals surface area contributed by atoms with E-state index in [0.29, 0.717) is 0 Å². The Hall–Kier alpha value is -1.63. The SMILES string of the molecule is CC(C)N(C)C(=O)CS(=O)(=O)c1cc(N)cc(F)c1. The molecule has 5 nitrogen and oxygen atoms in total. The van der Waals surface area contributed by atoms with Gasteiger partial charge in [0.25, 0.3) is 0 Å². The van der Waals surface area contributed by atoms with Gasteiger partial charge in [0.2, 0.25) is 5.91 Å². The Labute approximate surface area is 112 Å². The van der Waals surface area contributed by atoms with Crippen LogP contribution in [0.5, 0.6) is 0 Å². The second kappa shape index (κ2) is 5.56. The molecule has 0 atom stereocenters. The molecule has 1 aromatic carbocycles. The van der Waals surface area contributed by atoms with E-state index < -0.39 is 27.3 Å². The highest BCUT2D eigenvalue weighted by molar-refractivity contribution is 7.92. The maximum Gasteiger partial charge on any atom is 0.238 e. The lowest BCUT2D eigenvalue weighted by molar-refractivity contribution is -0.128. The van der Waals surface area contributed by atoms with Gasteiger partial charge in [0, 0.05) is 18.8 Å². The number of benzene rings is 1. The summed E-state index contributed by atoms with van der Waals surface area (Å²) in [7, 11) is -2.38. The van der Waals surface area contributed by atoms with Crippen molar-refractivity contribution in [1.29, 1.82) is 0 Å². The predicted octanol–water partition coefficient (Wildman–Crippen LogP) is 1.05. The zero-order chi connectivity index (χ0) is 14.8. The summed E-state index contributed by atoms with van der Waals surface area (Å²) in [6.07, 6.45) is 0. The highest BCUT2D eigenvalue weighted by Crippen LogP contribution is 2.17. The van der Waals surface area contributed by atoms with Crippen molar-refractivity contribution in [3.63, 3.8) is 0 Å². The molecule has 0 saturated heterocycles. The average Bonchev–Trinajstić information content (AvgIpc) is 2.25. The molecule has 0 heterocycles. The van der Waals surface area contributed by atoms with Gasteiger partial charge in [-0.25, -0.2) is 12.8 Å². The lowest BCUT2D eigenvalue weighted by Gasteiger charge is -2.21. The maximum atomic E-state index is 13.1. The van der Waals surface area contributed by atoms with Crippen molar-refractivity contribution in [1.82, 2.24) is 4.90 Å². The van der Waals surface area contributed by atoms with Gasteiger partial charge in [-0.1, -0.05) is 0 Å². The van der Waals surface area contributed by atoms with Crippen LogP contribution in [0.4, 0.5) is 10.1 Å². The minimum atomic E-state index is -3.89. The topological polar surface area (TPSA) is 80.5 Å². The number of sulfone groups is 1. The summed E-state index contributed by atoms with van der Waals surface area (Å²) in [6.45, 7) is 3.54. The van der Waals surface area contributed by atoms with Gasteiger partial charge in [-0.05, 0) is 32.0 Å². The molecule has 0 aliphatic rings. The van der Waals surface area contributed by atoms with Gasteiger partial charge in [-0.3, -0.25) is 4.79 Å². The first-order valence-electron chi connectivity index (χ1n) is 5.68. The van der Waals surface area contributed by atoms with Crippen LogP contribution in [0.3, 0.4) is 0 Å². The number of nitrogens with zero attached hydrogens (tertiary/aromatic N) is 1. The first kappa shape index (κ1) is 15.4. The number of nitrogens with two attached hydrogens (primary N) is 1. The summed E-state index contributed by atoms with van der Waals surface area (Å²) in [5, 5.41) is 0. The Bertz CT molecular complexity index is 564. The van der Waals surface area contributed by atoms with Gasteiger partial charge in [0.05, 0.1) is 4.90 Å². The number of nitrogen functional groups attached to an aromatic ring is 1. The second-order valence-corrected chi connectivity index (χ2v) is 6.57. The summed E-state index contributed by atoms with van der Waals surface area (Å²) in [4.78, 5) is 12.8. The van der Waals surface area contributed by atoms with E-state index in [9.17, 15) is 17.6 Å². The van der Waals surface area contributed by atoms with Crippen LogP contribution in [0.2, 0.25) is 0 Å². The number of carbonyl (C=O) groups is 1. The lowest BCUT2D eigenvalue weighted by atomic mass is 10.3. The van der Waals surface area contributed by atoms with Crippen molar-refractivity contribution < 1.29 is 17.6 Å². The Morgan fingerprint density at radius 3 is 2.42 bits per heavy atom. The molecule has 0 radical (unpaired) electrons. The molecular weight excluding hydrogens is 271 g/mol. The van der Waals surface area contributed by atoms with Gasteiger partial charge < -0.3 is 10.6 Å². The number of anilines is 1. The number of carbonyl (C=O) groups excluding carboxylic acids is 1. The Morgan fingerprint density at radius 2 is 1.95 bits per heavy atom. The van der Waals surface area contributed by atoms with E-state index in [1.165, 1.54) is 11.9 Å². The first-order chi connectivity index (χ1) is 8.63. The second-order valence-electron chi connectivity index (χ2n) is 4.58. The molecule has 0 aliphatic heterocycles. The van der Waals surface area contributed by atoms with Crippen LogP contribution in [0.15, 0.2) is 23.1 Å². The van der Waals surface area contributed by atoms with Crippen molar-refractivity contribution in [2.45, 2.75) is 24.8 Å². The number of hydrogen-bond donors (Lipinski definition) is 1. The Balaban J connectivity index is 3.02. The molecule has 0 spiro atoms. The molecule has 0 aliphatic carbocycles. The zero-order valence-corrected chi connectivity index (χ0v) is 11.9. The van der Waals surface area contributed by atoms with E-state index in [1.54, 1.807) is 13.8 Å². The predicted molar refractivity (Wildman–Crippen MR) is 70.8 cm³/mol. The minimum absolute atomic E-state index is 0.00300. The number of hydrogen-bond acceptors (Lipinski definition) is 4. The number of rotatable bonds is 4. The smallest absolute Gasteiger partial charge is 0.238 e. The zero-order valence-electron chi connectivity index (χ0n) is 11.1. The molecule has 0 fully saturated rings. The van der Waals surface area contributed by atoms with Crippen LogP contribution in [-0.2, 0) is 14.6 Å². The molecule has 1 rings (SSSR count). The van der Waals surface area contributed by atoms with Crippen LogP contribution in [-0.4, -0.2) is 38.1 Å². The fraction of sp³-hybridized carbons (Fsp3) is 0.417. The largest absolute Gasteiger partial charge is 0.399 e. The van der Waals surface area contributed by atoms with Crippen LogP contribution in [0.25, 0.3) is 0 Å². The van der Waals surface area contributed by atoms with E-state index in [4.69, 9.17) is 5.73 Å². The van der Waals surface area contributed by atoms with Crippen LogP contribution < -0.4 is 5.73 Å². The number of amides is 1. The van der Waals surface area contributed by atoms with Crippen LogP contribution in [0.1, 0.15) is 13.8 Å². The fourth-order valence-corrected chi connectivity index (χ4v) is 2.70. The number of halogens is 1. The van der Waals surface area contributed by atoms with E-state index in [-0.39, 0.29) is 16.6 Å². The van der Waals surface area contributed by atoms with Crippen LogP contribution in [0, 0.1) is 5.82 Å². The van der Waals surface area contributed by atoms with Crippen molar-refractivity contribution in [2.24, 2.45) is 0 Å². The van der Waals surface area contributed by atoms with Gasteiger partial charge in [-0.15, -0.1) is 0 Å². The van der Waals surface area contributed by atoms with Gasteiger partial charge >= 0.3 is 0 Å². The van der Waals surface area contributed by atoms with E-state index in [0.717, 1.165) is 18.2 Å². The van der Waals surface area contributed by atoms with Crippen LogP contribution >= 0.6 is 0 Å². The Kier molecular flexibility index (Phi) is 4.52. The molecule has 1 aromatic rings. The highest BCUT2D eigenvalue weighted by Gasteiger charge is 2.23. The third-order valence-electron chi connectivity index (χ3n) is 2.73. The van der Waals surface area contributed by atoms with Crippen molar-refractivity contribution in [3.8, 4) is 0 Å². The molecule has 106 valence electrons. The standard InChI is InChI=1S/C12H17FN2O3S/c1-8(2)15(3)12(16)7-19(17,18)11-5-9(13)4-10(14)6-11/h4-6,8H,7,14H2,1-3H3. The summed E-state index contributed by atoms with van der Waals surface area (Å²) in [6, 6.07) is 2.90. The lowest BCUT2D eigenvalue weighted by Crippen LogP contribution is -2.37. The molecule has 1 amide bonds. The van der Waals surface area contributed by atoms with Crippen molar-refractivity contribution in [3.05, 3.63) is 24.0 Å². The molecule has 0 unspecified atom stereocenters. The summed E-state index contributed by atoms with van der Waals surface area (Å²) in [5.74, 6) is -1.99. The average molecular weight is 288 g/mol. The van der Waals surface area contributed by atoms with Gasteiger partial charge in [0.1, 0.15) is 11.6 Å². The van der Waals surface area contributed by atoms with Gasteiger partial charge in [0.15, 0.2) is 9.84 Å². The fourth-order valence-electron chi connectivity index (χ4n) is 1.40. The monoisotopic (exact) mass is 288 g/mol. The van der Waals surface area contributed by atoms with E-state index >= 15 is 0 Å². The molecule has 2 N–H and O–H groups in total.